The smallest absolute Gasteiger partial charge is 0.182 e. The maximum absolute atomic E-state index is 5.25. The van der Waals surface area contributed by atoms with E-state index in [9.17, 15) is 0 Å². The zero-order chi connectivity index (χ0) is 14.0. The Morgan fingerprint density at radius 3 is 2.58 bits per heavy atom. The molecule has 0 bridgehead atoms. The van der Waals surface area contributed by atoms with Gasteiger partial charge in [0.1, 0.15) is 0 Å². The molecule has 2 aromatic heterocycles. The Kier molecular flexibility index (Phi) is 4.23. The highest BCUT2D eigenvalue weighted by atomic mass is 32.1. The van der Waals surface area contributed by atoms with Gasteiger partial charge in [0, 0.05) is 25.0 Å². The van der Waals surface area contributed by atoms with Gasteiger partial charge in [-0.1, -0.05) is 20.8 Å². The highest BCUT2D eigenvalue weighted by Crippen LogP contribution is 2.37. The normalized spacial score (nSPS) is 11.8. The molecule has 0 atom stereocenters. The molecule has 0 unspecified atom stereocenters. The molecule has 0 aliphatic heterocycles. The third-order valence-electron chi connectivity index (χ3n) is 2.57. The summed E-state index contributed by atoms with van der Waals surface area (Å²) >= 11 is 3.31. The number of methoxy groups -OCH3 is 1. The first-order chi connectivity index (χ1) is 8.95. The van der Waals surface area contributed by atoms with Crippen LogP contribution in [-0.4, -0.2) is 24.1 Å². The second-order valence-electron chi connectivity index (χ2n) is 5.27. The van der Waals surface area contributed by atoms with E-state index < -0.39 is 0 Å². The molecule has 2 aromatic rings. The Bertz CT molecular complexity index is 554. The van der Waals surface area contributed by atoms with Crippen LogP contribution >= 0.6 is 22.7 Å². The minimum Gasteiger partial charge on any atom is -0.378 e. The van der Waals surface area contributed by atoms with Gasteiger partial charge in [-0.2, -0.15) is 0 Å². The summed E-state index contributed by atoms with van der Waals surface area (Å²) in [5.41, 5.74) is 2.01. The van der Waals surface area contributed by atoms with E-state index in [0.29, 0.717) is 6.61 Å². The largest absolute Gasteiger partial charge is 0.378 e. The van der Waals surface area contributed by atoms with Gasteiger partial charge in [-0.05, 0) is 0 Å². The highest BCUT2D eigenvalue weighted by Gasteiger charge is 2.23. The molecule has 104 valence electrons. The highest BCUT2D eigenvalue weighted by molar-refractivity contribution is 7.17. The van der Waals surface area contributed by atoms with Crippen molar-refractivity contribution in [3.05, 3.63) is 16.1 Å². The van der Waals surface area contributed by atoms with Gasteiger partial charge in [0.2, 0.25) is 0 Å². The van der Waals surface area contributed by atoms with Crippen molar-refractivity contribution in [2.24, 2.45) is 0 Å². The van der Waals surface area contributed by atoms with Crippen LogP contribution in [0.25, 0.3) is 10.6 Å². The predicted molar refractivity (Wildman–Crippen MR) is 82.2 cm³/mol. The third kappa shape index (κ3) is 3.13. The van der Waals surface area contributed by atoms with Gasteiger partial charge in [-0.25, -0.2) is 9.97 Å². The van der Waals surface area contributed by atoms with Crippen LogP contribution in [-0.2, 0) is 16.8 Å². The molecule has 0 aromatic carbocycles. The minimum absolute atomic E-state index is 0.0489. The number of nitrogens with one attached hydrogen (secondary N) is 1. The lowest BCUT2D eigenvalue weighted by molar-refractivity contribution is 0.182. The Morgan fingerprint density at radius 1 is 1.32 bits per heavy atom. The predicted octanol–water partition coefficient (Wildman–Crippen LogP) is 3.75. The summed E-state index contributed by atoms with van der Waals surface area (Å²) in [6, 6.07) is 0. The van der Waals surface area contributed by atoms with Crippen molar-refractivity contribution in [2.75, 3.05) is 19.5 Å². The molecule has 6 heteroatoms. The molecule has 4 nitrogen and oxygen atoms in total. The van der Waals surface area contributed by atoms with Crippen molar-refractivity contribution < 1.29 is 4.74 Å². The summed E-state index contributed by atoms with van der Waals surface area (Å²) in [5.74, 6) is 0. The van der Waals surface area contributed by atoms with Gasteiger partial charge in [0.05, 0.1) is 27.9 Å². The monoisotopic (exact) mass is 297 g/mol. The van der Waals surface area contributed by atoms with Crippen molar-refractivity contribution in [1.82, 2.24) is 9.97 Å². The molecular weight excluding hydrogens is 278 g/mol. The molecule has 0 saturated carbocycles. The van der Waals surface area contributed by atoms with Crippen LogP contribution in [0, 0.1) is 0 Å². The summed E-state index contributed by atoms with van der Waals surface area (Å²) in [6.07, 6.45) is 0. The van der Waals surface area contributed by atoms with Gasteiger partial charge in [-0.3, -0.25) is 0 Å². The van der Waals surface area contributed by atoms with E-state index in [-0.39, 0.29) is 5.41 Å². The average Bonchev–Trinajstić information content (AvgIpc) is 2.93. The Balaban J connectivity index is 2.45. The van der Waals surface area contributed by atoms with Gasteiger partial charge in [0.15, 0.2) is 5.13 Å². The van der Waals surface area contributed by atoms with Crippen LogP contribution in [0.4, 0.5) is 5.13 Å². The van der Waals surface area contributed by atoms with Crippen molar-refractivity contribution in [2.45, 2.75) is 32.8 Å². The molecule has 0 spiro atoms. The van der Waals surface area contributed by atoms with E-state index in [2.05, 4.69) is 36.5 Å². The Hall–Kier alpha value is -0.980. The maximum Gasteiger partial charge on any atom is 0.182 e. The number of hydrogen-bond donors (Lipinski definition) is 1. The van der Waals surface area contributed by atoms with E-state index in [1.165, 1.54) is 0 Å². The van der Waals surface area contributed by atoms with Gasteiger partial charge in [0.25, 0.3) is 0 Å². The molecule has 0 radical (unpaired) electrons. The van der Waals surface area contributed by atoms with E-state index in [1.807, 2.05) is 7.05 Å². The zero-order valence-corrected chi connectivity index (χ0v) is 13.5. The van der Waals surface area contributed by atoms with Crippen molar-refractivity contribution >= 4 is 27.8 Å². The zero-order valence-electron chi connectivity index (χ0n) is 11.9. The van der Waals surface area contributed by atoms with Crippen LogP contribution in [0.3, 0.4) is 0 Å². The average molecular weight is 297 g/mol. The van der Waals surface area contributed by atoms with Crippen LogP contribution in [0.15, 0.2) is 5.38 Å². The first kappa shape index (κ1) is 14.4. The third-order valence-corrected chi connectivity index (χ3v) is 4.98. The SMILES string of the molecule is CNc1nc(-c2sc(C(C)(C)C)nc2COC)cs1. The summed E-state index contributed by atoms with van der Waals surface area (Å²) in [5, 5.41) is 7.17. The second kappa shape index (κ2) is 5.56. The van der Waals surface area contributed by atoms with E-state index in [0.717, 1.165) is 26.4 Å². The number of thiazole rings is 2. The van der Waals surface area contributed by atoms with Gasteiger partial charge >= 0.3 is 0 Å². The molecule has 0 saturated heterocycles. The van der Waals surface area contributed by atoms with Crippen LogP contribution in [0.5, 0.6) is 0 Å². The molecular formula is C13H19N3OS2. The number of hydrogen-bond acceptors (Lipinski definition) is 6. The fraction of sp³-hybridized carbons (Fsp3) is 0.538. The quantitative estimate of drug-likeness (QED) is 0.933. The molecule has 0 amide bonds. The number of anilines is 1. The van der Waals surface area contributed by atoms with E-state index >= 15 is 0 Å². The van der Waals surface area contributed by atoms with Crippen molar-refractivity contribution in [3.8, 4) is 10.6 Å². The molecule has 2 heterocycles. The molecule has 19 heavy (non-hydrogen) atoms. The Morgan fingerprint density at radius 2 is 2.05 bits per heavy atom. The van der Waals surface area contributed by atoms with Gasteiger partial charge in [-0.15, -0.1) is 22.7 Å². The fourth-order valence-corrected chi connectivity index (χ4v) is 3.42. The first-order valence-corrected chi connectivity index (χ1v) is 7.78. The number of nitrogens with zero attached hydrogens (tertiary/aromatic N) is 2. The molecule has 0 aliphatic carbocycles. The lowest BCUT2D eigenvalue weighted by Crippen LogP contribution is -2.10. The number of aromatic nitrogens is 2. The van der Waals surface area contributed by atoms with Crippen LogP contribution in [0.2, 0.25) is 0 Å². The summed E-state index contributed by atoms with van der Waals surface area (Å²) in [6.45, 7) is 7.04. The second-order valence-corrected chi connectivity index (χ2v) is 7.12. The fourth-order valence-electron chi connectivity index (χ4n) is 1.60. The van der Waals surface area contributed by atoms with E-state index in [4.69, 9.17) is 9.72 Å². The number of ether oxygens (including phenoxy) is 1. The lowest BCUT2D eigenvalue weighted by atomic mass is 9.98. The molecule has 2 rings (SSSR count). The van der Waals surface area contributed by atoms with Gasteiger partial charge < -0.3 is 10.1 Å². The van der Waals surface area contributed by atoms with E-state index in [1.54, 1.807) is 29.8 Å². The summed E-state index contributed by atoms with van der Waals surface area (Å²) in [7, 11) is 3.58. The standard InChI is InChI=1S/C13H19N3OS2/c1-13(2,3)11-15-8(6-17-5)10(19-11)9-7-18-12(14-4)16-9/h7H,6H2,1-5H3,(H,14,16). The lowest BCUT2D eigenvalue weighted by Gasteiger charge is -2.13. The first-order valence-electron chi connectivity index (χ1n) is 6.08. The molecule has 0 fully saturated rings. The topological polar surface area (TPSA) is 47.0 Å². The van der Waals surface area contributed by atoms with Crippen LogP contribution < -0.4 is 5.32 Å². The summed E-state index contributed by atoms with van der Waals surface area (Å²) in [4.78, 5) is 10.4. The number of rotatable bonds is 4. The Labute approximate surface area is 121 Å². The van der Waals surface area contributed by atoms with Crippen molar-refractivity contribution in [1.29, 1.82) is 0 Å². The van der Waals surface area contributed by atoms with Crippen LogP contribution in [0.1, 0.15) is 31.5 Å². The maximum atomic E-state index is 5.25. The van der Waals surface area contributed by atoms with Crippen molar-refractivity contribution in [3.63, 3.8) is 0 Å². The molecule has 0 aliphatic rings. The molecule has 1 N–H and O–H groups in total. The minimum atomic E-state index is 0.0489. The summed E-state index contributed by atoms with van der Waals surface area (Å²) < 4.78 is 5.25.